The van der Waals surface area contributed by atoms with Crippen molar-refractivity contribution in [2.75, 3.05) is 0 Å². The summed E-state index contributed by atoms with van der Waals surface area (Å²) in [6.07, 6.45) is 7.00. The predicted molar refractivity (Wildman–Crippen MR) is 68.5 cm³/mol. The number of carbonyl (C=O) groups excluding carboxylic acids is 1. The molecule has 0 saturated carbocycles. The van der Waals surface area contributed by atoms with Crippen LogP contribution >= 0.6 is 0 Å². The second-order valence-electron chi connectivity index (χ2n) is 4.33. The van der Waals surface area contributed by atoms with Gasteiger partial charge in [0, 0.05) is 12.8 Å². The first kappa shape index (κ1) is 13.0. The van der Waals surface area contributed by atoms with Crippen LogP contribution in [0.1, 0.15) is 51.0 Å². The highest BCUT2D eigenvalue weighted by molar-refractivity contribution is 5.78. The molecule has 0 unspecified atom stereocenters. The number of hydrogen-bond acceptors (Lipinski definition) is 1. The minimum absolute atomic E-state index is 0.435. The number of benzene rings is 1. The molecular formula is C15H22O. The standard InChI is InChI=1S/C15H22O/c1-2-3-5-12-15(16)13-8-11-14-9-6-4-7-10-14/h4,6-7,9-10H,2-3,5,8,11-13H2,1H3. The molecule has 0 heterocycles. The number of Topliss-reactive ketones (excluding diaryl/α,β-unsaturated/α-hetero) is 1. The number of aryl methyl sites for hydroxylation is 1. The SMILES string of the molecule is CCCCCC(=O)CCCc1ccccc1. The van der Waals surface area contributed by atoms with Crippen LogP contribution in [0.15, 0.2) is 30.3 Å². The molecule has 1 aromatic carbocycles. The largest absolute Gasteiger partial charge is 0.300 e. The molecule has 1 aromatic rings. The number of carbonyl (C=O) groups is 1. The van der Waals surface area contributed by atoms with Gasteiger partial charge in [0.1, 0.15) is 5.78 Å². The van der Waals surface area contributed by atoms with E-state index in [9.17, 15) is 4.79 Å². The smallest absolute Gasteiger partial charge is 0.132 e. The van der Waals surface area contributed by atoms with E-state index in [-0.39, 0.29) is 0 Å². The summed E-state index contributed by atoms with van der Waals surface area (Å²) in [7, 11) is 0. The van der Waals surface area contributed by atoms with Crippen molar-refractivity contribution < 1.29 is 4.79 Å². The monoisotopic (exact) mass is 218 g/mol. The first-order valence-electron chi connectivity index (χ1n) is 6.38. The Labute approximate surface area is 98.9 Å². The van der Waals surface area contributed by atoms with Crippen LogP contribution < -0.4 is 0 Å². The van der Waals surface area contributed by atoms with Crippen LogP contribution in [-0.4, -0.2) is 5.78 Å². The van der Waals surface area contributed by atoms with Gasteiger partial charge in [-0.3, -0.25) is 4.79 Å². The molecular weight excluding hydrogens is 196 g/mol. The first-order chi connectivity index (χ1) is 7.83. The van der Waals surface area contributed by atoms with Gasteiger partial charge in [-0.1, -0.05) is 50.1 Å². The van der Waals surface area contributed by atoms with Crippen molar-refractivity contribution in [3.05, 3.63) is 35.9 Å². The lowest BCUT2D eigenvalue weighted by Gasteiger charge is -2.01. The van der Waals surface area contributed by atoms with E-state index in [1.807, 2.05) is 6.07 Å². The number of rotatable bonds is 8. The molecule has 16 heavy (non-hydrogen) atoms. The fourth-order valence-electron chi connectivity index (χ4n) is 1.83. The minimum Gasteiger partial charge on any atom is -0.300 e. The summed E-state index contributed by atoms with van der Waals surface area (Å²) in [6.45, 7) is 2.17. The van der Waals surface area contributed by atoms with Crippen LogP contribution in [0.5, 0.6) is 0 Å². The summed E-state index contributed by atoms with van der Waals surface area (Å²) in [6, 6.07) is 10.4. The maximum absolute atomic E-state index is 11.5. The molecule has 0 spiro atoms. The molecule has 0 aliphatic carbocycles. The van der Waals surface area contributed by atoms with Gasteiger partial charge in [-0.05, 0) is 24.8 Å². The molecule has 1 heteroatoms. The molecule has 0 amide bonds. The van der Waals surface area contributed by atoms with Gasteiger partial charge in [0.15, 0.2) is 0 Å². The van der Waals surface area contributed by atoms with Crippen LogP contribution in [-0.2, 0) is 11.2 Å². The third-order valence-electron chi connectivity index (χ3n) is 2.82. The summed E-state index contributed by atoms with van der Waals surface area (Å²) in [5.41, 5.74) is 1.34. The summed E-state index contributed by atoms with van der Waals surface area (Å²) >= 11 is 0. The average Bonchev–Trinajstić information content (AvgIpc) is 2.31. The fraction of sp³-hybridized carbons (Fsp3) is 0.533. The van der Waals surface area contributed by atoms with Crippen molar-refractivity contribution in [1.82, 2.24) is 0 Å². The van der Waals surface area contributed by atoms with E-state index >= 15 is 0 Å². The third-order valence-corrected chi connectivity index (χ3v) is 2.82. The number of hydrogen-bond donors (Lipinski definition) is 0. The lowest BCUT2D eigenvalue weighted by molar-refractivity contribution is -0.119. The van der Waals surface area contributed by atoms with Gasteiger partial charge in [-0.15, -0.1) is 0 Å². The van der Waals surface area contributed by atoms with Gasteiger partial charge in [-0.25, -0.2) is 0 Å². The van der Waals surface area contributed by atoms with Gasteiger partial charge in [0.05, 0.1) is 0 Å². The third kappa shape index (κ3) is 5.69. The Morgan fingerprint density at radius 3 is 2.38 bits per heavy atom. The van der Waals surface area contributed by atoms with Crippen LogP contribution in [0, 0.1) is 0 Å². The van der Waals surface area contributed by atoms with Crippen LogP contribution in [0.25, 0.3) is 0 Å². The van der Waals surface area contributed by atoms with Crippen molar-refractivity contribution in [2.24, 2.45) is 0 Å². The topological polar surface area (TPSA) is 17.1 Å². The minimum atomic E-state index is 0.435. The van der Waals surface area contributed by atoms with Gasteiger partial charge in [-0.2, -0.15) is 0 Å². The molecule has 0 radical (unpaired) electrons. The molecule has 88 valence electrons. The van der Waals surface area contributed by atoms with Gasteiger partial charge in [0.25, 0.3) is 0 Å². The lowest BCUT2D eigenvalue weighted by Crippen LogP contribution is -1.98. The Balaban J connectivity index is 2.09. The molecule has 0 bridgehead atoms. The Morgan fingerprint density at radius 1 is 1.00 bits per heavy atom. The van der Waals surface area contributed by atoms with Gasteiger partial charge >= 0.3 is 0 Å². The Kier molecular flexibility index (Phi) is 6.55. The van der Waals surface area contributed by atoms with E-state index in [2.05, 4.69) is 31.2 Å². The summed E-state index contributed by atoms with van der Waals surface area (Å²) in [4.78, 5) is 11.5. The highest BCUT2D eigenvalue weighted by Gasteiger charge is 2.01. The van der Waals surface area contributed by atoms with Crippen molar-refractivity contribution in [3.8, 4) is 0 Å². The molecule has 0 aliphatic rings. The second-order valence-corrected chi connectivity index (χ2v) is 4.33. The molecule has 0 N–H and O–H groups in total. The maximum Gasteiger partial charge on any atom is 0.132 e. The highest BCUT2D eigenvalue weighted by atomic mass is 16.1. The Bertz CT molecular complexity index is 290. The zero-order valence-electron chi connectivity index (χ0n) is 10.2. The zero-order chi connectivity index (χ0) is 11.6. The van der Waals surface area contributed by atoms with Crippen molar-refractivity contribution in [2.45, 2.75) is 51.9 Å². The number of unbranched alkanes of at least 4 members (excludes halogenated alkanes) is 2. The lowest BCUT2D eigenvalue weighted by atomic mass is 10.0. The van der Waals surface area contributed by atoms with Gasteiger partial charge < -0.3 is 0 Å². The van der Waals surface area contributed by atoms with Crippen molar-refractivity contribution in [3.63, 3.8) is 0 Å². The number of ketones is 1. The summed E-state index contributed by atoms with van der Waals surface area (Å²) < 4.78 is 0. The molecule has 0 atom stereocenters. The van der Waals surface area contributed by atoms with Crippen LogP contribution in [0.3, 0.4) is 0 Å². The molecule has 0 aromatic heterocycles. The summed E-state index contributed by atoms with van der Waals surface area (Å²) in [5.74, 6) is 0.435. The average molecular weight is 218 g/mol. The maximum atomic E-state index is 11.5. The van der Waals surface area contributed by atoms with Crippen molar-refractivity contribution >= 4 is 5.78 Å². The predicted octanol–water partition coefficient (Wildman–Crippen LogP) is 4.16. The molecule has 1 rings (SSSR count). The van der Waals surface area contributed by atoms with E-state index in [4.69, 9.17) is 0 Å². The fourth-order valence-corrected chi connectivity index (χ4v) is 1.83. The van der Waals surface area contributed by atoms with Gasteiger partial charge in [0.2, 0.25) is 0 Å². The van der Waals surface area contributed by atoms with Crippen molar-refractivity contribution in [1.29, 1.82) is 0 Å². The van der Waals surface area contributed by atoms with E-state index in [1.54, 1.807) is 0 Å². The Morgan fingerprint density at radius 2 is 1.69 bits per heavy atom. The highest BCUT2D eigenvalue weighted by Crippen LogP contribution is 2.08. The molecule has 0 saturated heterocycles. The first-order valence-corrected chi connectivity index (χ1v) is 6.38. The molecule has 1 nitrogen and oxygen atoms in total. The molecule has 0 fully saturated rings. The quantitative estimate of drug-likeness (QED) is 0.599. The molecule has 0 aliphatic heterocycles. The second kappa shape index (κ2) is 8.09. The van der Waals surface area contributed by atoms with E-state index in [0.29, 0.717) is 5.78 Å². The zero-order valence-corrected chi connectivity index (χ0v) is 10.2. The Hall–Kier alpha value is -1.11. The van der Waals surface area contributed by atoms with E-state index in [0.717, 1.165) is 32.1 Å². The van der Waals surface area contributed by atoms with Crippen LogP contribution in [0.2, 0.25) is 0 Å². The van der Waals surface area contributed by atoms with E-state index in [1.165, 1.54) is 18.4 Å². The van der Waals surface area contributed by atoms with Crippen LogP contribution in [0.4, 0.5) is 0 Å². The summed E-state index contributed by atoms with van der Waals surface area (Å²) in [5, 5.41) is 0. The normalized spacial score (nSPS) is 10.3. The van der Waals surface area contributed by atoms with E-state index < -0.39 is 0 Å².